The third-order valence-corrected chi connectivity index (χ3v) is 4.36. The SMILES string of the molecule is CCc1nc(-c2ccc(C(C)(C)C)cc2)sc1C(=O)O. The van der Waals surface area contributed by atoms with Gasteiger partial charge in [0, 0.05) is 5.56 Å². The molecule has 1 heterocycles. The lowest BCUT2D eigenvalue weighted by molar-refractivity contribution is 0.0701. The van der Waals surface area contributed by atoms with Crippen LogP contribution >= 0.6 is 11.3 Å². The molecule has 0 aliphatic rings. The third-order valence-electron chi connectivity index (χ3n) is 3.22. The topological polar surface area (TPSA) is 50.2 Å². The second kappa shape index (κ2) is 5.37. The lowest BCUT2D eigenvalue weighted by atomic mass is 9.87. The average Bonchev–Trinajstić information content (AvgIpc) is 2.82. The maximum Gasteiger partial charge on any atom is 0.347 e. The Labute approximate surface area is 123 Å². The molecule has 4 heteroatoms. The van der Waals surface area contributed by atoms with Crippen molar-refractivity contribution >= 4 is 17.3 Å². The van der Waals surface area contributed by atoms with Crippen LogP contribution in [0.2, 0.25) is 0 Å². The molecule has 0 amide bonds. The number of aromatic carboxylic acids is 1. The molecule has 0 saturated heterocycles. The summed E-state index contributed by atoms with van der Waals surface area (Å²) in [6.45, 7) is 8.43. The molecule has 20 heavy (non-hydrogen) atoms. The van der Waals surface area contributed by atoms with E-state index in [1.807, 2.05) is 19.1 Å². The Balaban J connectivity index is 2.39. The number of hydrogen-bond donors (Lipinski definition) is 1. The van der Waals surface area contributed by atoms with E-state index in [0.717, 1.165) is 10.6 Å². The fourth-order valence-electron chi connectivity index (χ4n) is 1.99. The van der Waals surface area contributed by atoms with Crippen LogP contribution in [-0.2, 0) is 11.8 Å². The van der Waals surface area contributed by atoms with Crippen molar-refractivity contribution in [3.8, 4) is 10.6 Å². The number of nitrogens with zero attached hydrogens (tertiary/aromatic N) is 1. The van der Waals surface area contributed by atoms with Crippen molar-refractivity contribution in [1.29, 1.82) is 0 Å². The van der Waals surface area contributed by atoms with Gasteiger partial charge in [-0.05, 0) is 17.4 Å². The summed E-state index contributed by atoms with van der Waals surface area (Å²) >= 11 is 1.25. The van der Waals surface area contributed by atoms with Crippen LogP contribution in [0.15, 0.2) is 24.3 Å². The first kappa shape index (κ1) is 14.7. The Morgan fingerprint density at radius 1 is 1.25 bits per heavy atom. The van der Waals surface area contributed by atoms with Crippen LogP contribution in [0.25, 0.3) is 10.6 Å². The first-order chi connectivity index (χ1) is 9.32. The predicted octanol–water partition coefficient (Wildman–Crippen LogP) is 4.37. The molecule has 2 rings (SSSR count). The van der Waals surface area contributed by atoms with Gasteiger partial charge in [-0.25, -0.2) is 9.78 Å². The highest BCUT2D eigenvalue weighted by Crippen LogP contribution is 2.30. The molecule has 1 aromatic heterocycles. The van der Waals surface area contributed by atoms with Crippen LogP contribution in [0.1, 0.15) is 48.6 Å². The normalized spacial score (nSPS) is 11.6. The van der Waals surface area contributed by atoms with E-state index in [0.29, 0.717) is 17.0 Å². The van der Waals surface area contributed by atoms with Crippen molar-refractivity contribution in [3.05, 3.63) is 40.4 Å². The molecule has 1 aromatic carbocycles. The molecule has 0 spiro atoms. The zero-order valence-corrected chi connectivity index (χ0v) is 13.0. The fourth-order valence-corrected chi connectivity index (χ4v) is 2.99. The zero-order chi connectivity index (χ0) is 14.9. The number of benzene rings is 1. The first-order valence-electron chi connectivity index (χ1n) is 6.67. The van der Waals surface area contributed by atoms with E-state index in [9.17, 15) is 9.90 Å². The van der Waals surface area contributed by atoms with Gasteiger partial charge in [-0.2, -0.15) is 0 Å². The van der Waals surface area contributed by atoms with E-state index in [2.05, 4.69) is 37.9 Å². The largest absolute Gasteiger partial charge is 0.477 e. The van der Waals surface area contributed by atoms with Crippen LogP contribution in [0.3, 0.4) is 0 Å². The first-order valence-corrected chi connectivity index (χ1v) is 7.48. The Hall–Kier alpha value is -1.68. The number of rotatable bonds is 3. The van der Waals surface area contributed by atoms with Gasteiger partial charge in [0.25, 0.3) is 0 Å². The molecule has 0 fully saturated rings. The lowest BCUT2D eigenvalue weighted by Crippen LogP contribution is -2.10. The molecule has 1 N–H and O–H groups in total. The van der Waals surface area contributed by atoms with Gasteiger partial charge in [0.2, 0.25) is 0 Å². The quantitative estimate of drug-likeness (QED) is 0.913. The van der Waals surface area contributed by atoms with E-state index in [1.54, 1.807) is 0 Å². The maximum atomic E-state index is 11.2. The van der Waals surface area contributed by atoms with Gasteiger partial charge < -0.3 is 5.11 Å². The number of aryl methyl sites for hydroxylation is 1. The summed E-state index contributed by atoms with van der Waals surface area (Å²) in [5, 5.41) is 9.96. The smallest absolute Gasteiger partial charge is 0.347 e. The molecule has 106 valence electrons. The summed E-state index contributed by atoms with van der Waals surface area (Å²) in [7, 11) is 0. The monoisotopic (exact) mass is 289 g/mol. The van der Waals surface area contributed by atoms with Gasteiger partial charge in [-0.3, -0.25) is 0 Å². The van der Waals surface area contributed by atoms with Crippen LogP contribution < -0.4 is 0 Å². The number of carboxylic acids is 1. The fraction of sp³-hybridized carbons (Fsp3) is 0.375. The van der Waals surface area contributed by atoms with Gasteiger partial charge in [0.05, 0.1) is 5.69 Å². The molecule has 0 saturated carbocycles. The van der Waals surface area contributed by atoms with Crippen molar-refractivity contribution < 1.29 is 9.90 Å². The minimum Gasteiger partial charge on any atom is -0.477 e. The summed E-state index contributed by atoms with van der Waals surface area (Å²) in [6.07, 6.45) is 0.637. The number of aromatic nitrogens is 1. The van der Waals surface area contributed by atoms with E-state index in [-0.39, 0.29) is 5.41 Å². The molecule has 0 aliphatic carbocycles. The van der Waals surface area contributed by atoms with E-state index >= 15 is 0 Å². The standard InChI is InChI=1S/C16H19NO2S/c1-5-12-13(15(18)19)20-14(17-12)10-6-8-11(9-7-10)16(2,3)4/h6-9H,5H2,1-4H3,(H,18,19). The molecular weight excluding hydrogens is 270 g/mol. The van der Waals surface area contributed by atoms with Gasteiger partial charge >= 0.3 is 5.97 Å². The second-order valence-corrected chi connectivity index (χ2v) is 6.78. The van der Waals surface area contributed by atoms with Gasteiger partial charge in [-0.1, -0.05) is 52.0 Å². The van der Waals surface area contributed by atoms with Gasteiger partial charge in [-0.15, -0.1) is 11.3 Å². The predicted molar refractivity (Wildman–Crippen MR) is 82.6 cm³/mol. The third kappa shape index (κ3) is 2.90. The van der Waals surface area contributed by atoms with E-state index in [4.69, 9.17) is 0 Å². The molecule has 0 radical (unpaired) electrons. The van der Waals surface area contributed by atoms with Crippen LogP contribution in [0, 0.1) is 0 Å². The number of carbonyl (C=O) groups is 1. The molecule has 3 nitrogen and oxygen atoms in total. The Morgan fingerprint density at radius 3 is 2.25 bits per heavy atom. The summed E-state index contributed by atoms with van der Waals surface area (Å²) in [6, 6.07) is 8.21. The molecule has 0 aliphatic heterocycles. The van der Waals surface area contributed by atoms with Crippen LogP contribution in [-0.4, -0.2) is 16.1 Å². The van der Waals surface area contributed by atoms with Crippen LogP contribution in [0.4, 0.5) is 0 Å². The molecular formula is C16H19NO2S. The Kier molecular flexibility index (Phi) is 3.95. The van der Waals surface area contributed by atoms with Crippen molar-refractivity contribution in [2.24, 2.45) is 0 Å². The van der Waals surface area contributed by atoms with Crippen LogP contribution in [0.5, 0.6) is 0 Å². The van der Waals surface area contributed by atoms with E-state index < -0.39 is 5.97 Å². The maximum absolute atomic E-state index is 11.2. The zero-order valence-electron chi connectivity index (χ0n) is 12.2. The minimum atomic E-state index is -0.892. The van der Waals surface area contributed by atoms with Gasteiger partial charge in [0.1, 0.15) is 9.88 Å². The van der Waals surface area contributed by atoms with Crippen molar-refractivity contribution in [3.63, 3.8) is 0 Å². The highest BCUT2D eigenvalue weighted by atomic mass is 32.1. The van der Waals surface area contributed by atoms with Gasteiger partial charge in [0.15, 0.2) is 0 Å². The second-order valence-electron chi connectivity index (χ2n) is 5.78. The highest BCUT2D eigenvalue weighted by molar-refractivity contribution is 7.17. The molecule has 0 unspecified atom stereocenters. The minimum absolute atomic E-state index is 0.113. The summed E-state index contributed by atoms with van der Waals surface area (Å²) < 4.78 is 0. The summed E-state index contributed by atoms with van der Waals surface area (Å²) in [5.74, 6) is -0.892. The number of hydrogen-bond acceptors (Lipinski definition) is 3. The summed E-state index contributed by atoms with van der Waals surface area (Å²) in [5.41, 5.74) is 3.01. The highest BCUT2D eigenvalue weighted by Gasteiger charge is 2.18. The van der Waals surface area contributed by atoms with Crippen molar-refractivity contribution in [1.82, 2.24) is 4.98 Å². The summed E-state index contributed by atoms with van der Waals surface area (Å²) in [4.78, 5) is 16.0. The molecule has 2 aromatic rings. The number of carboxylic acid groups (broad SMARTS) is 1. The Bertz CT molecular complexity index is 621. The Morgan fingerprint density at radius 2 is 1.85 bits per heavy atom. The average molecular weight is 289 g/mol. The van der Waals surface area contributed by atoms with Crippen molar-refractivity contribution in [2.45, 2.75) is 39.5 Å². The number of thiazole rings is 1. The van der Waals surface area contributed by atoms with Crippen molar-refractivity contribution in [2.75, 3.05) is 0 Å². The lowest BCUT2D eigenvalue weighted by Gasteiger charge is -2.18. The molecule has 0 bridgehead atoms. The molecule has 0 atom stereocenters. The van der Waals surface area contributed by atoms with E-state index in [1.165, 1.54) is 16.9 Å².